The van der Waals surface area contributed by atoms with Crippen LogP contribution in [0.15, 0.2) is 41.8 Å². The van der Waals surface area contributed by atoms with E-state index in [1.54, 1.807) is 13.0 Å². The molecule has 2 aromatic rings. The van der Waals surface area contributed by atoms with E-state index in [4.69, 9.17) is 4.74 Å². The average molecular weight is 344 g/mol. The maximum atomic E-state index is 12.5. The van der Waals surface area contributed by atoms with E-state index in [2.05, 4.69) is 4.98 Å². The molecule has 0 radical (unpaired) electrons. The molecule has 0 saturated carbocycles. The van der Waals surface area contributed by atoms with Gasteiger partial charge >= 0.3 is 5.97 Å². The molecule has 1 aromatic carbocycles. The van der Waals surface area contributed by atoms with Crippen molar-refractivity contribution in [3.8, 4) is 0 Å². The lowest BCUT2D eigenvalue weighted by molar-refractivity contribution is -0.148. The zero-order valence-corrected chi connectivity index (χ0v) is 14.6. The van der Waals surface area contributed by atoms with Gasteiger partial charge in [-0.2, -0.15) is 0 Å². The molecule has 0 unspecified atom stereocenters. The summed E-state index contributed by atoms with van der Waals surface area (Å²) in [5.41, 5.74) is 1.69. The molecule has 1 heterocycles. The summed E-state index contributed by atoms with van der Waals surface area (Å²) in [6, 6.07) is 9.54. The van der Waals surface area contributed by atoms with Crippen LogP contribution in [-0.2, 0) is 20.9 Å². The van der Waals surface area contributed by atoms with E-state index in [0.717, 1.165) is 16.3 Å². The van der Waals surface area contributed by atoms with Crippen molar-refractivity contribution in [2.75, 3.05) is 13.2 Å². The number of hydrogen-bond acceptors (Lipinski definition) is 5. The van der Waals surface area contributed by atoms with Gasteiger partial charge in [0.2, 0.25) is 5.91 Å². The first-order chi connectivity index (χ1) is 11.6. The molecule has 126 valence electrons. The minimum atomic E-state index is -0.417. The van der Waals surface area contributed by atoms with Crippen LogP contribution in [0, 0.1) is 6.92 Å². The van der Waals surface area contributed by atoms with Crippen LogP contribution in [0.25, 0.3) is 6.08 Å². The normalized spacial score (nSPS) is 10.8. The summed E-state index contributed by atoms with van der Waals surface area (Å²) in [5, 5.41) is 2.82. The van der Waals surface area contributed by atoms with Gasteiger partial charge in [0, 0.05) is 18.0 Å². The standard InChI is InChI=1S/C18H20N2O3S/c1-3-23-18(22)12-20(11-15-7-5-4-6-8-15)17(21)10-9-16-13-24-14(2)19-16/h4-10,13H,3,11-12H2,1-2H3. The van der Waals surface area contributed by atoms with Gasteiger partial charge in [-0.15, -0.1) is 11.3 Å². The molecule has 0 atom stereocenters. The first kappa shape index (κ1) is 17.9. The number of ether oxygens (including phenoxy) is 1. The molecule has 24 heavy (non-hydrogen) atoms. The molecule has 0 bridgehead atoms. The zero-order valence-electron chi connectivity index (χ0n) is 13.8. The van der Waals surface area contributed by atoms with Crippen molar-refractivity contribution >= 4 is 29.3 Å². The molecule has 6 heteroatoms. The summed E-state index contributed by atoms with van der Waals surface area (Å²) in [4.78, 5) is 30.0. The predicted molar refractivity (Wildman–Crippen MR) is 94.4 cm³/mol. The van der Waals surface area contributed by atoms with Gasteiger partial charge < -0.3 is 9.64 Å². The largest absolute Gasteiger partial charge is 0.465 e. The molecular weight excluding hydrogens is 324 g/mol. The molecule has 0 aliphatic heterocycles. The molecule has 5 nitrogen and oxygen atoms in total. The van der Waals surface area contributed by atoms with Crippen molar-refractivity contribution in [2.24, 2.45) is 0 Å². The highest BCUT2D eigenvalue weighted by Gasteiger charge is 2.16. The van der Waals surface area contributed by atoms with E-state index in [-0.39, 0.29) is 12.5 Å². The van der Waals surface area contributed by atoms with Crippen LogP contribution in [0.4, 0.5) is 0 Å². The number of aromatic nitrogens is 1. The number of hydrogen-bond donors (Lipinski definition) is 0. The monoisotopic (exact) mass is 344 g/mol. The Morgan fingerprint density at radius 3 is 2.67 bits per heavy atom. The SMILES string of the molecule is CCOC(=O)CN(Cc1ccccc1)C(=O)C=Cc1csc(C)n1. The summed E-state index contributed by atoms with van der Waals surface area (Å²) in [5.74, 6) is -0.669. The van der Waals surface area contributed by atoms with Gasteiger partial charge in [0.1, 0.15) is 6.54 Å². The van der Waals surface area contributed by atoms with E-state index in [0.29, 0.717) is 13.2 Å². The highest BCUT2D eigenvalue weighted by atomic mass is 32.1. The number of carbonyl (C=O) groups excluding carboxylic acids is 2. The van der Waals surface area contributed by atoms with Gasteiger partial charge in [-0.05, 0) is 25.5 Å². The van der Waals surface area contributed by atoms with Crippen molar-refractivity contribution < 1.29 is 14.3 Å². The van der Waals surface area contributed by atoms with Crippen LogP contribution in [0.2, 0.25) is 0 Å². The first-order valence-electron chi connectivity index (χ1n) is 7.67. The fourth-order valence-corrected chi connectivity index (χ4v) is 2.68. The second kappa shape index (κ2) is 8.98. The lowest BCUT2D eigenvalue weighted by atomic mass is 10.2. The molecule has 0 N–H and O–H groups in total. The van der Waals surface area contributed by atoms with Crippen molar-refractivity contribution in [2.45, 2.75) is 20.4 Å². The lowest BCUT2D eigenvalue weighted by Crippen LogP contribution is -2.35. The third-order valence-electron chi connectivity index (χ3n) is 3.19. The van der Waals surface area contributed by atoms with Crippen LogP contribution in [-0.4, -0.2) is 34.9 Å². The number of rotatable bonds is 7. The smallest absolute Gasteiger partial charge is 0.325 e. The van der Waals surface area contributed by atoms with Crippen molar-refractivity contribution in [1.29, 1.82) is 0 Å². The Kier molecular flexibility index (Phi) is 6.69. The maximum absolute atomic E-state index is 12.5. The minimum absolute atomic E-state index is 0.0813. The van der Waals surface area contributed by atoms with Crippen molar-refractivity contribution in [3.63, 3.8) is 0 Å². The number of aryl methyl sites for hydroxylation is 1. The molecule has 1 amide bonds. The third kappa shape index (κ3) is 5.62. The van der Waals surface area contributed by atoms with Crippen LogP contribution >= 0.6 is 11.3 Å². The van der Waals surface area contributed by atoms with Gasteiger partial charge in [0.15, 0.2) is 0 Å². The quantitative estimate of drug-likeness (QED) is 0.572. The second-order valence-corrected chi connectivity index (χ2v) is 6.17. The molecule has 0 spiro atoms. The number of thiazole rings is 1. The van der Waals surface area contributed by atoms with E-state index in [9.17, 15) is 9.59 Å². The topological polar surface area (TPSA) is 59.5 Å². The molecular formula is C18H20N2O3S. The zero-order chi connectivity index (χ0) is 17.4. The van der Waals surface area contributed by atoms with Gasteiger partial charge in [-0.1, -0.05) is 30.3 Å². The lowest BCUT2D eigenvalue weighted by Gasteiger charge is -2.20. The molecule has 0 saturated heterocycles. The number of esters is 1. The Balaban J connectivity index is 2.09. The van der Waals surface area contributed by atoms with Gasteiger partial charge in [0.05, 0.1) is 17.3 Å². The van der Waals surface area contributed by atoms with E-state index in [1.165, 1.54) is 22.3 Å². The van der Waals surface area contributed by atoms with Gasteiger partial charge in [-0.3, -0.25) is 9.59 Å². The number of nitrogens with zero attached hydrogens (tertiary/aromatic N) is 2. The molecule has 0 aliphatic rings. The minimum Gasteiger partial charge on any atom is -0.465 e. The first-order valence-corrected chi connectivity index (χ1v) is 8.55. The Morgan fingerprint density at radius 2 is 2.04 bits per heavy atom. The highest BCUT2D eigenvalue weighted by Crippen LogP contribution is 2.10. The van der Waals surface area contributed by atoms with Crippen molar-refractivity contribution in [1.82, 2.24) is 9.88 Å². The molecule has 0 aliphatic carbocycles. The Labute approximate surface area is 145 Å². The van der Waals surface area contributed by atoms with Crippen LogP contribution in [0.5, 0.6) is 0 Å². The maximum Gasteiger partial charge on any atom is 0.325 e. The number of benzene rings is 1. The summed E-state index contributed by atoms with van der Waals surface area (Å²) in [6.45, 7) is 4.21. The molecule has 0 fully saturated rings. The number of carbonyl (C=O) groups is 2. The van der Waals surface area contributed by atoms with E-state index in [1.807, 2.05) is 42.6 Å². The van der Waals surface area contributed by atoms with E-state index < -0.39 is 5.97 Å². The second-order valence-electron chi connectivity index (χ2n) is 5.11. The number of amides is 1. The average Bonchev–Trinajstić information content (AvgIpc) is 2.98. The van der Waals surface area contributed by atoms with E-state index >= 15 is 0 Å². The van der Waals surface area contributed by atoms with Crippen molar-refractivity contribution in [3.05, 3.63) is 58.1 Å². The Morgan fingerprint density at radius 1 is 1.29 bits per heavy atom. The summed E-state index contributed by atoms with van der Waals surface area (Å²) in [7, 11) is 0. The van der Waals surface area contributed by atoms with Gasteiger partial charge in [-0.25, -0.2) is 4.98 Å². The fraction of sp³-hybridized carbons (Fsp3) is 0.278. The van der Waals surface area contributed by atoms with Crippen LogP contribution < -0.4 is 0 Å². The highest BCUT2D eigenvalue weighted by molar-refractivity contribution is 7.09. The summed E-state index contributed by atoms with van der Waals surface area (Å²) >= 11 is 1.52. The molecule has 1 aromatic heterocycles. The van der Waals surface area contributed by atoms with Gasteiger partial charge in [0.25, 0.3) is 0 Å². The third-order valence-corrected chi connectivity index (χ3v) is 3.98. The summed E-state index contributed by atoms with van der Waals surface area (Å²) < 4.78 is 4.96. The Hall–Kier alpha value is -2.47. The predicted octanol–water partition coefficient (Wildman–Crippen LogP) is 3.06. The summed E-state index contributed by atoms with van der Waals surface area (Å²) in [6.07, 6.45) is 3.10. The van der Waals surface area contributed by atoms with Crippen LogP contribution in [0.3, 0.4) is 0 Å². The molecule has 2 rings (SSSR count). The fourth-order valence-electron chi connectivity index (χ4n) is 2.10. The van der Waals surface area contributed by atoms with Crippen LogP contribution in [0.1, 0.15) is 23.2 Å². The Bertz CT molecular complexity index is 710.